The van der Waals surface area contributed by atoms with Gasteiger partial charge in [0.15, 0.2) is 11.3 Å². The van der Waals surface area contributed by atoms with Crippen LogP contribution in [0.15, 0.2) is 42.6 Å². The van der Waals surface area contributed by atoms with E-state index in [1.807, 2.05) is 34.7 Å². The third kappa shape index (κ3) is 2.24. The number of pyridine rings is 2. The quantitative estimate of drug-likeness (QED) is 0.621. The van der Waals surface area contributed by atoms with Crippen molar-refractivity contribution in [2.24, 2.45) is 5.92 Å². The lowest BCUT2D eigenvalue weighted by atomic mass is 10.1. The highest BCUT2D eigenvalue weighted by atomic mass is 15.1. The molecule has 5 heteroatoms. The van der Waals surface area contributed by atoms with Crippen molar-refractivity contribution in [3.63, 3.8) is 0 Å². The summed E-state index contributed by atoms with van der Waals surface area (Å²) in [4.78, 5) is 9.07. The van der Waals surface area contributed by atoms with Crippen LogP contribution in [0.3, 0.4) is 0 Å². The first-order valence-electron chi connectivity index (χ1n) is 8.01. The van der Waals surface area contributed by atoms with E-state index in [1.165, 1.54) is 0 Å². The van der Waals surface area contributed by atoms with Gasteiger partial charge in [0, 0.05) is 23.8 Å². The van der Waals surface area contributed by atoms with Gasteiger partial charge in [0.1, 0.15) is 11.6 Å². The number of imidazole rings is 1. The molecule has 4 rings (SSSR count). The molecule has 0 bridgehead atoms. The summed E-state index contributed by atoms with van der Waals surface area (Å²) in [7, 11) is 0. The molecule has 0 atom stereocenters. The zero-order valence-corrected chi connectivity index (χ0v) is 13.6. The van der Waals surface area contributed by atoms with Crippen LogP contribution in [0.2, 0.25) is 0 Å². The molecule has 0 saturated carbocycles. The van der Waals surface area contributed by atoms with E-state index in [0.29, 0.717) is 17.1 Å². The topological polar surface area (TPSA) is 66.0 Å². The van der Waals surface area contributed by atoms with E-state index < -0.39 is 0 Å². The van der Waals surface area contributed by atoms with Crippen LogP contribution in [0.5, 0.6) is 0 Å². The molecule has 0 radical (unpaired) electrons. The number of anilines is 1. The molecule has 5 nitrogen and oxygen atoms in total. The largest absolute Gasteiger partial charge is 0.385 e. The van der Waals surface area contributed by atoms with E-state index in [1.54, 1.807) is 6.20 Å². The maximum Gasteiger partial charge on any atom is 0.164 e. The number of nitriles is 1. The van der Waals surface area contributed by atoms with Gasteiger partial charge in [0.2, 0.25) is 0 Å². The molecule has 0 fully saturated rings. The number of aromatic nitrogens is 3. The van der Waals surface area contributed by atoms with Crippen molar-refractivity contribution in [2.45, 2.75) is 13.8 Å². The molecule has 118 valence electrons. The number of rotatable bonds is 3. The van der Waals surface area contributed by atoms with Crippen LogP contribution in [0.25, 0.3) is 27.7 Å². The predicted octanol–water partition coefficient (Wildman–Crippen LogP) is 3.98. The first kappa shape index (κ1) is 14.5. The van der Waals surface area contributed by atoms with E-state index in [2.05, 4.69) is 41.3 Å². The minimum Gasteiger partial charge on any atom is -0.385 e. The minimum atomic E-state index is 0.559. The molecule has 0 aliphatic rings. The van der Waals surface area contributed by atoms with Crippen molar-refractivity contribution >= 4 is 33.4 Å². The average molecular weight is 315 g/mol. The molecule has 4 aromatic rings. The van der Waals surface area contributed by atoms with E-state index in [-0.39, 0.29) is 0 Å². The molecule has 0 aliphatic carbocycles. The van der Waals surface area contributed by atoms with E-state index in [4.69, 9.17) is 0 Å². The van der Waals surface area contributed by atoms with Gasteiger partial charge >= 0.3 is 0 Å². The molecule has 1 aromatic carbocycles. The van der Waals surface area contributed by atoms with Crippen LogP contribution < -0.4 is 5.32 Å². The van der Waals surface area contributed by atoms with Crippen molar-refractivity contribution < 1.29 is 0 Å². The van der Waals surface area contributed by atoms with Crippen LogP contribution in [-0.2, 0) is 0 Å². The second kappa shape index (κ2) is 5.50. The van der Waals surface area contributed by atoms with Crippen LogP contribution >= 0.6 is 0 Å². The molecule has 0 spiro atoms. The van der Waals surface area contributed by atoms with Gasteiger partial charge < -0.3 is 5.32 Å². The summed E-state index contributed by atoms with van der Waals surface area (Å²) >= 11 is 0. The zero-order valence-electron chi connectivity index (χ0n) is 13.6. The Balaban J connectivity index is 2.05. The summed E-state index contributed by atoms with van der Waals surface area (Å²) in [6, 6.07) is 14.1. The molecule has 0 saturated heterocycles. The Morgan fingerprint density at radius 3 is 2.88 bits per heavy atom. The van der Waals surface area contributed by atoms with Crippen molar-refractivity contribution in [2.75, 3.05) is 11.9 Å². The maximum atomic E-state index is 9.48. The van der Waals surface area contributed by atoms with Gasteiger partial charge in [-0.05, 0) is 36.2 Å². The summed E-state index contributed by atoms with van der Waals surface area (Å²) < 4.78 is 1.98. The highest BCUT2D eigenvalue weighted by molar-refractivity contribution is 5.93. The Morgan fingerprint density at radius 1 is 1.21 bits per heavy atom. The first-order valence-corrected chi connectivity index (χ1v) is 8.01. The van der Waals surface area contributed by atoms with Crippen molar-refractivity contribution in [1.29, 1.82) is 5.26 Å². The standard InChI is InChI=1S/C19H17N5/c1-12(2)11-22-15-6-5-13-8-14(10-20)18-23-16-4-3-7-21-19(16)24(18)17(13)9-15/h3-9,12,22H,11H2,1-2H3. The SMILES string of the molecule is CC(C)CNc1ccc2cc(C#N)c3nc4cccnc4n3c2c1. The number of fused-ring (bicyclic) bond motifs is 5. The fourth-order valence-corrected chi connectivity index (χ4v) is 2.91. The third-order valence-electron chi connectivity index (χ3n) is 4.06. The second-order valence-corrected chi connectivity index (χ2v) is 6.34. The number of nitrogens with zero attached hydrogens (tertiary/aromatic N) is 4. The van der Waals surface area contributed by atoms with Crippen LogP contribution in [0, 0.1) is 17.2 Å². The minimum absolute atomic E-state index is 0.559. The molecular weight excluding hydrogens is 298 g/mol. The third-order valence-corrected chi connectivity index (χ3v) is 4.06. The highest BCUT2D eigenvalue weighted by Crippen LogP contribution is 2.27. The van der Waals surface area contributed by atoms with Gasteiger partial charge in [-0.2, -0.15) is 5.26 Å². The summed E-state index contributed by atoms with van der Waals surface area (Å²) in [6.07, 6.45) is 1.75. The Bertz CT molecular complexity index is 1100. The highest BCUT2D eigenvalue weighted by Gasteiger charge is 2.13. The lowest BCUT2D eigenvalue weighted by Crippen LogP contribution is -2.07. The fraction of sp³-hybridized carbons (Fsp3) is 0.211. The van der Waals surface area contributed by atoms with Gasteiger partial charge in [-0.1, -0.05) is 19.9 Å². The maximum absolute atomic E-state index is 9.48. The molecule has 0 amide bonds. The van der Waals surface area contributed by atoms with Gasteiger partial charge in [-0.25, -0.2) is 9.97 Å². The summed E-state index contributed by atoms with van der Waals surface area (Å²) in [5.74, 6) is 0.567. The van der Waals surface area contributed by atoms with E-state index in [9.17, 15) is 5.26 Å². The molecular formula is C19H17N5. The van der Waals surface area contributed by atoms with E-state index in [0.717, 1.165) is 34.3 Å². The van der Waals surface area contributed by atoms with Gasteiger partial charge in [0.25, 0.3) is 0 Å². The predicted molar refractivity (Wildman–Crippen MR) is 96.0 cm³/mol. The van der Waals surface area contributed by atoms with Crippen LogP contribution in [0.4, 0.5) is 5.69 Å². The average Bonchev–Trinajstić information content (AvgIpc) is 2.99. The first-order chi connectivity index (χ1) is 11.7. The summed E-state index contributed by atoms with van der Waals surface area (Å²) in [5.41, 5.74) is 4.83. The number of benzene rings is 1. The lowest BCUT2D eigenvalue weighted by Gasteiger charge is -2.11. The van der Waals surface area contributed by atoms with Crippen molar-refractivity contribution in [3.05, 3.63) is 48.2 Å². The Kier molecular flexibility index (Phi) is 3.31. The normalized spacial score (nSPS) is 11.4. The van der Waals surface area contributed by atoms with E-state index >= 15 is 0 Å². The fourth-order valence-electron chi connectivity index (χ4n) is 2.91. The molecule has 24 heavy (non-hydrogen) atoms. The Labute approximate surface area is 139 Å². The molecule has 1 N–H and O–H groups in total. The summed E-state index contributed by atoms with van der Waals surface area (Å²) in [6.45, 7) is 5.27. The Hall–Kier alpha value is -3.13. The number of hydrogen-bond acceptors (Lipinski definition) is 4. The van der Waals surface area contributed by atoms with Crippen LogP contribution in [-0.4, -0.2) is 20.9 Å². The van der Waals surface area contributed by atoms with Gasteiger partial charge in [0.05, 0.1) is 11.1 Å². The molecule has 3 heterocycles. The van der Waals surface area contributed by atoms with Gasteiger partial charge in [-0.15, -0.1) is 0 Å². The van der Waals surface area contributed by atoms with Crippen molar-refractivity contribution in [1.82, 2.24) is 14.4 Å². The lowest BCUT2D eigenvalue weighted by molar-refractivity contribution is 0.689. The zero-order chi connectivity index (χ0) is 16.7. The molecule has 0 unspecified atom stereocenters. The monoisotopic (exact) mass is 315 g/mol. The Morgan fingerprint density at radius 2 is 2.08 bits per heavy atom. The molecule has 3 aromatic heterocycles. The second-order valence-electron chi connectivity index (χ2n) is 6.34. The van der Waals surface area contributed by atoms with Crippen LogP contribution in [0.1, 0.15) is 19.4 Å². The smallest absolute Gasteiger partial charge is 0.164 e. The van der Waals surface area contributed by atoms with Gasteiger partial charge in [-0.3, -0.25) is 4.40 Å². The number of nitrogens with one attached hydrogen (secondary N) is 1. The number of hydrogen-bond donors (Lipinski definition) is 1. The molecule has 0 aliphatic heterocycles. The van der Waals surface area contributed by atoms with Crippen molar-refractivity contribution in [3.8, 4) is 6.07 Å². The summed E-state index contributed by atoms with van der Waals surface area (Å²) in [5, 5.41) is 13.9.